The summed E-state index contributed by atoms with van der Waals surface area (Å²) in [6, 6.07) is 5.27. The highest BCUT2D eigenvalue weighted by Gasteiger charge is 2.45. The summed E-state index contributed by atoms with van der Waals surface area (Å²) in [4.78, 5) is 12.4. The van der Waals surface area contributed by atoms with Crippen molar-refractivity contribution in [1.29, 1.82) is 0 Å². The molecule has 0 unspecified atom stereocenters. The van der Waals surface area contributed by atoms with Gasteiger partial charge in [-0.3, -0.25) is 4.79 Å². The zero-order valence-corrected chi connectivity index (χ0v) is 13.6. The fraction of sp³-hybridized carbons (Fsp3) is 0.588. The van der Waals surface area contributed by atoms with Crippen LogP contribution in [0.3, 0.4) is 0 Å². The third kappa shape index (κ3) is 4.13. The summed E-state index contributed by atoms with van der Waals surface area (Å²) in [5.41, 5.74) is 6.33. The molecule has 3 N–H and O–H groups in total. The first-order valence-electron chi connectivity index (χ1n) is 7.77. The molecule has 2 rings (SSSR count). The van der Waals surface area contributed by atoms with E-state index in [9.17, 15) is 4.79 Å². The first kappa shape index (κ1) is 16.6. The number of benzene rings is 1. The minimum absolute atomic E-state index is 0.121. The standard InChI is InChI=1S/C17H26N2O3/c1-17(2)10-12(17)11-19-16(20)14-9-13(21-3)5-6-15(14)22-8-4-7-18/h5-6,9,12H,4,7-8,10-11,18H2,1-3H3,(H,19,20)/t12-/m0/s1. The zero-order chi connectivity index (χ0) is 16.2. The summed E-state index contributed by atoms with van der Waals surface area (Å²) in [6.45, 7) is 6.20. The largest absolute Gasteiger partial charge is 0.497 e. The Balaban J connectivity index is 2.03. The van der Waals surface area contributed by atoms with Gasteiger partial charge in [0.1, 0.15) is 11.5 Å². The van der Waals surface area contributed by atoms with Gasteiger partial charge >= 0.3 is 0 Å². The van der Waals surface area contributed by atoms with Crippen LogP contribution in [-0.4, -0.2) is 32.7 Å². The van der Waals surface area contributed by atoms with Crippen LogP contribution in [-0.2, 0) is 0 Å². The number of nitrogens with two attached hydrogens (primary N) is 1. The number of ether oxygens (including phenoxy) is 2. The Morgan fingerprint density at radius 3 is 2.77 bits per heavy atom. The third-order valence-corrected chi connectivity index (χ3v) is 4.26. The maximum Gasteiger partial charge on any atom is 0.255 e. The Labute approximate surface area is 132 Å². The molecule has 0 bridgehead atoms. The number of hydrogen-bond donors (Lipinski definition) is 2. The molecule has 5 nitrogen and oxygen atoms in total. The highest BCUT2D eigenvalue weighted by Crippen LogP contribution is 2.51. The molecule has 5 heteroatoms. The van der Waals surface area contributed by atoms with Gasteiger partial charge in [0.15, 0.2) is 0 Å². The molecule has 0 aliphatic heterocycles. The van der Waals surface area contributed by atoms with E-state index in [4.69, 9.17) is 15.2 Å². The minimum atomic E-state index is -0.121. The molecular weight excluding hydrogens is 280 g/mol. The number of hydrogen-bond acceptors (Lipinski definition) is 4. The highest BCUT2D eigenvalue weighted by molar-refractivity contribution is 5.97. The van der Waals surface area contributed by atoms with Gasteiger partial charge < -0.3 is 20.5 Å². The Morgan fingerprint density at radius 1 is 1.45 bits per heavy atom. The molecule has 1 aliphatic rings. The number of carbonyl (C=O) groups is 1. The van der Waals surface area contributed by atoms with Crippen LogP contribution in [0.15, 0.2) is 18.2 Å². The molecule has 0 heterocycles. The van der Waals surface area contributed by atoms with E-state index in [1.165, 1.54) is 0 Å². The average molecular weight is 306 g/mol. The summed E-state index contributed by atoms with van der Waals surface area (Å²) in [6.07, 6.45) is 1.91. The fourth-order valence-corrected chi connectivity index (χ4v) is 2.44. The molecule has 1 aromatic carbocycles. The number of carbonyl (C=O) groups excluding carboxylic acids is 1. The predicted molar refractivity (Wildman–Crippen MR) is 86.4 cm³/mol. The fourth-order valence-electron chi connectivity index (χ4n) is 2.44. The summed E-state index contributed by atoms with van der Waals surface area (Å²) in [5.74, 6) is 1.65. The zero-order valence-electron chi connectivity index (χ0n) is 13.6. The van der Waals surface area contributed by atoms with Crippen molar-refractivity contribution < 1.29 is 14.3 Å². The van der Waals surface area contributed by atoms with E-state index >= 15 is 0 Å². The van der Waals surface area contributed by atoms with E-state index in [-0.39, 0.29) is 5.91 Å². The van der Waals surface area contributed by atoms with Crippen LogP contribution < -0.4 is 20.5 Å². The molecule has 1 aliphatic carbocycles. The van der Waals surface area contributed by atoms with Gasteiger partial charge in [-0.05, 0) is 48.9 Å². The van der Waals surface area contributed by atoms with Crippen LogP contribution in [0.2, 0.25) is 0 Å². The monoisotopic (exact) mass is 306 g/mol. The number of methoxy groups -OCH3 is 1. The molecule has 0 aromatic heterocycles. The van der Waals surface area contributed by atoms with Crippen molar-refractivity contribution in [3.05, 3.63) is 23.8 Å². The smallest absolute Gasteiger partial charge is 0.255 e. The molecular formula is C17H26N2O3. The SMILES string of the molecule is COc1ccc(OCCCN)c(C(=O)NC[C@@H]2CC2(C)C)c1. The predicted octanol–water partition coefficient (Wildman–Crippen LogP) is 2.20. The molecule has 0 radical (unpaired) electrons. The molecule has 1 saturated carbocycles. The van der Waals surface area contributed by atoms with Gasteiger partial charge in [0.2, 0.25) is 0 Å². The van der Waals surface area contributed by atoms with Crippen molar-refractivity contribution in [2.45, 2.75) is 26.7 Å². The first-order valence-corrected chi connectivity index (χ1v) is 7.77. The molecule has 0 spiro atoms. The molecule has 1 atom stereocenters. The summed E-state index contributed by atoms with van der Waals surface area (Å²) < 4.78 is 10.9. The van der Waals surface area contributed by atoms with Crippen LogP contribution in [0.4, 0.5) is 0 Å². The van der Waals surface area contributed by atoms with Gasteiger partial charge in [0.05, 0.1) is 19.3 Å². The summed E-state index contributed by atoms with van der Waals surface area (Å²) in [5, 5.41) is 3.00. The van der Waals surface area contributed by atoms with Crippen molar-refractivity contribution in [3.8, 4) is 11.5 Å². The van der Waals surface area contributed by atoms with E-state index in [1.54, 1.807) is 25.3 Å². The van der Waals surface area contributed by atoms with Crippen molar-refractivity contribution in [2.24, 2.45) is 17.1 Å². The van der Waals surface area contributed by atoms with Gasteiger partial charge in [0.25, 0.3) is 5.91 Å². The van der Waals surface area contributed by atoms with Gasteiger partial charge in [-0.15, -0.1) is 0 Å². The van der Waals surface area contributed by atoms with Crippen LogP contribution in [0.25, 0.3) is 0 Å². The average Bonchev–Trinajstić information content (AvgIpc) is 3.12. The van der Waals surface area contributed by atoms with Crippen molar-refractivity contribution in [2.75, 3.05) is 26.8 Å². The lowest BCUT2D eigenvalue weighted by Gasteiger charge is -2.13. The Bertz CT molecular complexity index is 529. The first-order chi connectivity index (χ1) is 10.5. The van der Waals surface area contributed by atoms with Crippen LogP contribution in [0.5, 0.6) is 11.5 Å². The molecule has 1 fully saturated rings. The molecule has 122 valence electrons. The number of rotatable bonds is 8. The Kier molecular flexibility index (Phi) is 5.29. The summed E-state index contributed by atoms with van der Waals surface area (Å²) in [7, 11) is 1.58. The Morgan fingerprint density at radius 2 is 2.18 bits per heavy atom. The van der Waals surface area contributed by atoms with Crippen molar-refractivity contribution in [3.63, 3.8) is 0 Å². The Hall–Kier alpha value is -1.75. The van der Waals surface area contributed by atoms with Crippen LogP contribution in [0.1, 0.15) is 37.0 Å². The van der Waals surface area contributed by atoms with Gasteiger partial charge in [-0.1, -0.05) is 13.8 Å². The lowest BCUT2D eigenvalue weighted by molar-refractivity contribution is 0.0946. The van der Waals surface area contributed by atoms with Gasteiger partial charge in [-0.2, -0.15) is 0 Å². The third-order valence-electron chi connectivity index (χ3n) is 4.26. The number of nitrogens with one attached hydrogen (secondary N) is 1. The highest BCUT2D eigenvalue weighted by atomic mass is 16.5. The second-order valence-corrected chi connectivity index (χ2v) is 6.45. The maximum atomic E-state index is 12.4. The molecule has 1 amide bonds. The van der Waals surface area contributed by atoms with E-state index in [2.05, 4.69) is 19.2 Å². The quantitative estimate of drug-likeness (QED) is 0.722. The normalized spacial score (nSPS) is 18.6. The second kappa shape index (κ2) is 7.01. The topological polar surface area (TPSA) is 73.6 Å². The maximum absolute atomic E-state index is 12.4. The van der Waals surface area contributed by atoms with E-state index in [1.807, 2.05) is 0 Å². The molecule has 22 heavy (non-hydrogen) atoms. The minimum Gasteiger partial charge on any atom is -0.497 e. The lowest BCUT2D eigenvalue weighted by Crippen LogP contribution is -2.27. The molecule has 0 saturated heterocycles. The summed E-state index contributed by atoms with van der Waals surface area (Å²) >= 11 is 0. The van der Waals surface area contributed by atoms with Crippen molar-refractivity contribution in [1.82, 2.24) is 5.32 Å². The van der Waals surface area contributed by atoms with E-state index in [0.717, 1.165) is 12.8 Å². The van der Waals surface area contributed by atoms with Crippen LogP contribution in [0, 0.1) is 11.3 Å². The molecule has 1 aromatic rings. The van der Waals surface area contributed by atoms with Gasteiger partial charge in [-0.25, -0.2) is 0 Å². The van der Waals surface area contributed by atoms with Gasteiger partial charge in [0, 0.05) is 6.54 Å². The number of amides is 1. The van der Waals surface area contributed by atoms with Crippen LogP contribution >= 0.6 is 0 Å². The lowest BCUT2D eigenvalue weighted by atomic mass is 10.1. The van der Waals surface area contributed by atoms with E-state index < -0.39 is 0 Å². The van der Waals surface area contributed by atoms with Crippen molar-refractivity contribution >= 4 is 5.91 Å². The van der Waals surface area contributed by atoms with E-state index in [0.29, 0.717) is 48.1 Å². The second-order valence-electron chi connectivity index (χ2n) is 6.45.